The number of aromatic amines is 1. The highest BCUT2D eigenvalue weighted by atomic mass is 19.1. The van der Waals surface area contributed by atoms with Gasteiger partial charge in [0.1, 0.15) is 23.1 Å². The Morgan fingerprint density at radius 2 is 1.91 bits per heavy atom. The monoisotopic (exact) mass is 459 g/mol. The van der Waals surface area contributed by atoms with Gasteiger partial charge in [-0.15, -0.1) is 0 Å². The van der Waals surface area contributed by atoms with E-state index in [2.05, 4.69) is 15.3 Å². The average molecular weight is 460 g/mol. The minimum absolute atomic E-state index is 0.113. The predicted octanol–water partition coefficient (Wildman–Crippen LogP) is 4.67. The molecule has 5 aromatic rings. The minimum Gasteiger partial charge on any atom is -0.355 e. The first kappa shape index (κ1) is 21.8. The van der Waals surface area contributed by atoms with Crippen molar-refractivity contribution < 1.29 is 13.6 Å². The van der Waals surface area contributed by atoms with E-state index in [9.17, 15) is 13.6 Å². The van der Waals surface area contributed by atoms with Crippen molar-refractivity contribution in [1.29, 1.82) is 0 Å². The van der Waals surface area contributed by atoms with Crippen molar-refractivity contribution in [2.45, 2.75) is 26.7 Å². The fourth-order valence-corrected chi connectivity index (χ4v) is 4.08. The van der Waals surface area contributed by atoms with Gasteiger partial charge in [-0.05, 0) is 67.4 Å². The number of aryl methyl sites for hydroxylation is 2. The number of halogens is 2. The first-order valence-corrected chi connectivity index (χ1v) is 11.0. The van der Waals surface area contributed by atoms with Crippen molar-refractivity contribution in [3.63, 3.8) is 0 Å². The molecule has 0 radical (unpaired) electrons. The molecule has 2 N–H and O–H groups in total. The summed E-state index contributed by atoms with van der Waals surface area (Å²) in [5.74, 6) is -0.0956. The summed E-state index contributed by atoms with van der Waals surface area (Å²) in [6, 6.07) is 13.1. The summed E-state index contributed by atoms with van der Waals surface area (Å²) in [5, 5.41) is 2.93. The smallest absolute Gasteiger partial charge is 0.226 e. The second-order valence-electron chi connectivity index (χ2n) is 8.43. The zero-order chi connectivity index (χ0) is 23.8. The molecule has 0 unspecified atom stereocenters. The van der Waals surface area contributed by atoms with Crippen molar-refractivity contribution in [3.8, 4) is 11.3 Å². The minimum atomic E-state index is -0.327. The summed E-state index contributed by atoms with van der Waals surface area (Å²) in [5.41, 5.74) is 5.74. The molecule has 2 aromatic carbocycles. The largest absolute Gasteiger partial charge is 0.355 e. The van der Waals surface area contributed by atoms with Gasteiger partial charge in [-0.3, -0.25) is 4.79 Å². The van der Waals surface area contributed by atoms with Gasteiger partial charge in [0, 0.05) is 24.7 Å². The quantitative estimate of drug-likeness (QED) is 0.387. The Bertz CT molecular complexity index is 1540. The van der Waals surface area contributed by atoms with Gasteiger partial charge in [-0.2, -0.15) is 0 Å². The molecular weight excluding hydrogens is 436 g/mol. The Morgan fingerprint density at radius 1 is 1.06 bits per heavy atom. The van der Waals surface area contributed by atoms with Crippen LogP contribution in [-0.4, -0.2) is 31.8 Å². The Hall–Kier alpha value is -4.07. The number of nitrogens with one attached hydrogen (secondary N) is 2. The van der Waals surface area contributed by atoms with Crippen LogP contribution in [0.5, 0.6) is 0 Å². The number of carbonyl (C=O) groups is 1. The molecule has 0 spiro atoms. The van der Waals surface area contributed by atoms with Crippen LogP contribution in [0, 0.1) is 25.5 Å². The fraction of sp³-hybridized carbons (Fsp3) is 0.192. The maximum atomic E-state index is 13.8. The molecule has 0 fully saturated rings. The van der Waals surface area contributed by atoms with E-state index in [0.29, 0.717) is 41.1 Å². The highest BCUT2D eigenvalue weighted by Crippen LogP contribution is 2.27. The number of hydrogen-bond donors (Lipinski definition) is 2. The number of imidazole rings is 2. The lowest BCUT2D eigenvalue weighted by Gasteiger charge is -2.08. The van der Waals surface area contributed by atoms with Crippen LogP contribution in [0.4, 0.5) is 8.78 Å². The number of H-pyrrole nitrogens is 1. The molecule has 0 aliphatic rings. The second-order valence-corrected chi connectivity index (χ2v) is 8.43. The van der Waals surface area contributed by atoms with Crippen molar-refractivity contribution in [3.05, 3.63) is 89.0 Å². The summed E-state index contributed by atoms with van der Waals surface area (Å²) in [6.45, 7) is 4.06. The van der Waals surface area contributed by atoms with Gasteiger partial charge in [0.25, 0.3) is 0 Å². The number of fused-ring (bicyclic) bond motifs is 2. The summed E-state index contributed by atoms with van der Waals surface area (Å²) in [7, 11) is 0. The number of benzene rings is 2. The van der Waals surface area contributed by atoms with Crippen LogP contribution in [0.25, 0.3) is 27.9 Å². The molecule has 3 heterocycles. The average Bonchev–Trinajstić information content (AvgIpc) is 3.36. The van der Waals surface area contributed by atoms with Gasteiger partial charge in [-0.25, -0.2) is 18.7 Å². The lowest BCUT2D eigenvalue weighted by molar-refractivity contribution is -0.120. The van der Waals surface area contributed by atoms with Crippen molar-refractivity contribution in [1.82, 2.24) is 24.7 Å². The maximum absolute atomic E-state index is 13.8. The molecule has 1 amide bonds. The van der Waals surface area contributed by atoms with Crippen LogP contribution in [0.1, 0.15) is 22.6 Å². The van der Waals surface area contributed by atoms with Crippen LogP contribution in [-0.2, 0) is 17.6 Å². The number of rotatable bonds is 6. The highest BCUT2D eigenvalue weighted by Gasteiger charge is 2.18. The van der Waals surface area contributed by atoms with Crippen LogP contribution < -0.4 is 5.32 Å². The molecule has 172 valence electrons. The third-order valence-electron chi connectivity index (χ3n) is 5.80. The zero-order valence-electron chi connectivity index (χ0n) is 18.8. The van der Waals surface area contributed by atoms with E-state index in [0.717, 1.165) is 22.5 Å². The van der Waals surface area contributed by atoms with Gasteiger partial charge >= 0.3 is 0 Å². The Labute approximate surface area is 194 Å². The number of nitrogens with zero attached hydrogens (tertiary/aromatic N) is 3. The molecule has 0 aliphatic heterocycles. The van der Waals surface area contributed by atoms with Crippen LogP contribution in [0.2, 0.25) is 0 Å². The molecular formula is C26H23F2N5O. The van der Waals surface area contributed by atoms with Gasteiger partial charge in [0.2, 0.25) is 5.91 Å². The molecule has 6 nitrogen and oxygen atoms in total. The van der Waals surface area contributed by atoms with E-state index >= 15 is 0 Å². The van der Waals surface area contributed by atoms with Gasteiger partial charge in [0.15, 0.2) is 0 Å². The van der Waals surface area contributed by atoms with Crippen LogP contribution in [0.3, 0.4) is 0 Å². The second kappa shape index (κ2) is 8.70. The molecule has 0 atom stereocenters. The zero-order valence-corrected chi connectivity index (χ0v) is 18.8. The molecule has 8 heteroatoms. The summed E-state index contributed by atoms with van der Waals surface area (Å²) < 4.78 is 29.1. The van der Waals surface area contributed by atoms with E-state index in [-0.39, 0.29) is 24.0 Å². The summed E-state index contributed by atoms with van der Waals surface area (Å²) in [6.07, 6.45) is 2.54. The van der Waals surface area contributed by atoms with Crippen LogP contribution in [0.15, 0.2) is 54.7 Å². The Kier molecular flexibility index (Phi) is 5.57. The third kappa shape index (κ3) is 4.26. The van der Waals surface area contributed by atoms with E-state index in [1.807, 2.05) is 29.7 Å². The Balaban J connectivity index is 1.35. The van der Waals surface area contributed by atoms with E-state index in [4.69, 9.17) is 4.98 Å². The Morgan fingerprint density at radius 3 is 2.74 bits per heavy atom. The lowest BCUT2D eigenvalue weighted by atomic mass is 10.1. The van der Waals surface area contributed by atoms with Crippen molar-refractivity contribution in [2.75, 3.05) is 6.54 Å². The van der Waals surface area contributed by atoms with Crippen molar-refractivity contribution >= 4 is 22.6 Å². The first-order valence-electron chi connectivity index (χ1n) is 11.0. The van der Waals surface area contributed by atoms with Gasteiger partial charge in [0.05, 0.1) is 28.8 Å². The molecule has 3 aromatic heterocycles. The topological polar surface area (TPSA) is 75.1 Å². The molecule has 5 rings (SSSR count). The highest BCUT2D eigenvalue weighted by molar-refractivity contribution is 5.81. The van der Waals surface area contributed by atoms with Gasteiger partial charge < -0.3 is 14.7 Å². The number of amides is 1. The van der Waals surface area contributed by atoms with E-state index < -0.39 is 0 Å². The predicted molar refractivity (Wildman–Crippen MR) is 127 cm³/mol. The summed E-state index contributed by atoms with van der Waals surface area (Å²) in [4.78, 5) is 25.1. The van der Waals surface area contributed by atoms with Gasteiger partial charge in [-0.1, -0.05) is 6.07 Å². The fourth-order valence-electron chi connectivity index (χ4n) is 4.08. The SMILES string of the molecule is Cc1ccc2nc(-c3ccc(F)c(C)c3)c(CC(=O)NCCc3nc4ccc(F)cc4[nH]3)n2c1. The third-order valence-corrected chi connectivity index (χ3v) is 5.80. The number of carbonyl (C=O) groups excluding carboxylic acids is 1. The lowest BCUT2D eigenvalue weighted by Crippen LogP contribution is -2.28. The van der Waals surface area contributed by atoms with E-state index in [1.165, 1.54) is 18.2 Å². The molecule has 0 aliphatic carbocycles. The maximum Gasteiger partial charge on any atom is 0.226 e. The number of aromatic nitrogens is 4. The standard InChI is InChI=1S/C26H23F2N5O/c1-15-3-8-24-32-26(17-4-6-19(28)16(2)11-17)22(33(24)14-15)13-25(34)29-10-9-23-30-20-7-5-18(27)12-21(20)31-23/h3-8,11-12,14H,9-10,13H2,1-2H3,(H,29,34)(H,30,31). The van der Waals surface area contributed by atoms with E-state index in [1.54, 1.807) is 25.1 Å². The number of hydrogen-bond acceptors (Lipinski definition) is 3. The molecule has 34 heavy (non-hydrogen) atoms. The van der Waals surface area contributed by atoms with Crippen LogP contribution >= 0.6 is 0 Å². The first-order chi connectivity index (χ1) is 16.4. The summed E-state index contributed by atoms with van der Waals surface area (Å²) >= 11 is 0. The van der Waals surface area contributed by atoms with Crippen molar-refractivity contribution in [2.24, 2.45) is 0 Å². The normalized spacial score (nSPS) is 11.4. The molecule has 0 saturated carbocycles. The number of pyridine rings is 1. The molecule has 0 saturated heterocycles. The molecule has 0 bridgehead atoms.